The summed E-state index contributed by atoms with van der Waals surface area (Å²) in [6.45, 7) is 8.15. The number of nitrogens with zero attached hydrogens (tertiary/aromatic N) is 1. The van der Waals surface area contributed by atoms with Crippen LogP contribution in [0.1, 0.15) is 37.3 Å². The van der Waals surface area contributed by atoms with Crippen molar-refractivity contribution in [1.82, 2.24) is 4.90 Å². The standard InChI is InChI=1S/C23H30FNO2/c1-18(2)16-23(26,20-8-10-21(24)11-9-20)22(19-6-4-3-5-7-19)17-25-12-14-27-15-13-25/h3-11,18,22,26H,12-17H2,1-2H3/t22-,23-/m1/s1. The molecule has 0 aromatic heterocycles. The summed E-state index contributed by atoms with van der Waals surface area (Å²) in [6, 6.07) is 16.5. The summed E-state index contributed by atoms with van der Waals surface area (Å²) >= 11 is 0. The van der Waals surface area contributed by atoms with Crippen LogP contribution < -0.4 is 0 Å². The highest BCUT2D eigenvalue weighted by molar-refractivity contribution is 5.32. The van der Waals surface area contributed by atoms with Gasteiger partial charge in [-0.2, -0.15) is 0 Å². The molecule has 0 aliphatic carbocycles. The summed E-state index contributed by atoms with van der Waals surface area (Å²) in [4.78, 5) is 2.36. The first-order valence-electron chi connectivity index (χ1n) is 9.82. The summed E-state index contributed by atoms with van der Waals surface area (Å²) in [7, 11) is 0. The fraction of sp³-hybridized carbons (Fsp3) is 0.478. The molecule has 3 rings (SSSR count). The van der Waals surface area contributed by atoms with E-state index in [1.54, 1.807) is 12.1 Å². The van der Waals surface area contributed by atoms with Gasteiger partial charge in [-0.3, -0.25) is 4.90 Å². The van der Waals surface area contributed by atoms with Crippen molar-refractivity contribution in [2.75, 3.05) is 32.8 Å². The molecule has 0 amide bonds. The molecule has 1 aliphatic heterocycles. The quantitative estimate of drug-likeness (QED) is 0.793. The van der Waals surface area contributed by atoms with E-state index >= 15 is 0 Å². The predicted molar refractivity (Wildman–Crippen MR) is 106 cm³/mol. The fourth-order valence-corrected chi connectivity index (χ4v) is 4.08. The van der Waals surface area contributed by atoms with Crippen molar-refractivity contribution in [3.8, 4) is 0 Å². The predicted octanol–water partition coefficient (Wildman–Crippen LogP) is 4.18. The highest BCUT2D eigenvalue weighted by Gasteiger charge is 2.41. The molecular formula is C23H30FNO2. The summed E-state index contributed by atoms with van der Waals surface area (Å²) in [6.07, 6.45) is 0.614. The second kappa shape index (κ2) is 8.96. The van der Waals surface area contributed by atoms with Crippen LogP contribution >= 0.6 is 0 Å². The van der Waals surface area contributed by atoms with E-state index in [4.69, 9.17) is 4.74 Å². The molecule has 2 aromatic rings. The molecule has 0 spiro atoms. The average Bonchev–Trinajstić information content (AvgIpc) is 2.67. The third-order valence-electron chi connectivity index (χ3n) is 5.39. The minimum atomic E-state index is -1.07. The Balaban J connectivity index is 2.01. The summed E-state index contributed by atoms with van der Waals surface area (Å²) in [5.74, 6) is -0.0873. The molecule has 3 nitrogen and oxygen atoms in total. The first kappa shape index (κ1) is 20.0. The van der Waals surface area contributed by atoms with Crippen LogP contribution in [0.5, 0.6) is 0 Å². The zero-order chi connectivity index (χ0) is 19.3. The third kappa shape index (κ3) is 4.95. The van der Waals surface area contributed by atoms with Gasteiger partial charge in [0.2, 0.25) is 0 Å². The zero-order valence-electron chi connectivity index (χ0n) is 16.3. The molecule has 2 aromatic carbocycles. The lowest BCUT2D eigenvalue weighted by molar-refractivity contribution is -0.0356. The molecule has 0 radical (unpaired) electrons. The molecule has 146 valence electrons. The molecule has 0 bridgehead atoms. The van der Waals surface area contributed by atoms with Crippen molar-refractivity contribution in [3.05, 3.63) is 71.5 Å². The Morgan fingerprint density at radius 1 is 1.04 bits per heavy atom. The summed E-state index contributed by atoms with van der Waals surface area (Å²) in [5.41, 5.74) is 0.817. The van der Waals surface area contributed by atoms with E-state index in [2.05, 4.69) is 30.9 Å². The Bertz CT molecular complexity index is 698. The van der Waals surface area contributed by atoms with Crippen LogP contribution in [0, 0.1) is 11.7 Å². The van der Waals surface area contributed by atoms with E-state index in [-0.39, 0.29) is 11.7 Å². The average molecular weight is 371 g/mol. The molecule has 1 N–H and O–H groups in total. The number of hydrogen-bond donors (Lipinski definition) is 1. The second-order valence-corrected chi connectivity index (χ2v) is 7.91. The Kier molecular flexibility index (Phi) is 6.64. The molecule has 1 heterocycles. The summed E-state index contributed by atoms with van der Waals surface area (Å²) in [5, 5.41) is 12.0. The van der Waals surface area contributed by atoms with E-state index in [0.29, 0.717) is 12.3 Å². The van der Waals surface area contributed by atoms with E-state index in [1.807, 2.05) is 18.2 Å². The molecule has 1 aliphatic rings. The van der Waals surface area contributed by atoms with Gasteiger partial charge in [-0.05, 0) is 35.6 Å². The maximum atomic E-state index is 13.5. The largest absolute Gasteiger partial charge is 0.384 e. The van der Waals surface area contributed by atoms with Crippen LogP contribution in [0.2, 0.25) is 0 Å². The Hall–Kier alpha value is -1.75. The number of halogens is 1. The van der Waals surface area contributed by atoms with E-state index in [0.717, 1.165) is 44.0 Å². The second-order valence-electron chi connectivity index (χ2n) is 7.91. The minimum Gasteiger partial charge on any atom is -0.384 e. The maximum absolute atomic E-state index is 13.5. The van der Waals surface area contributed by atoms with Crippen LogP contribution in [0.4, 0.5) is 4.39 Å². The smallest absolute Gasteiger partial charge is 0.123 e. The van der Waals surface area contributed by atoms with Crippen molar-refractivity contribution >= 4 is 0 Å². The van der Waals surface area contributed by atoms with Crippen molar-refractivity contribution in [1.29, 1.82) is 0 Å². The first-order chi connectivity index (χ1) is 13.0. The first-order valence-corrected chi connectivity index (χ1v) is 9.82. The Labute approximate surface area is 161 Å². The van der Waals surface area contributed by atoms with Crippen LogP contribution in [-0.4, -0.2) is 42.9 Å². The van der Waals surface area contributed by atoms with E-state index < -0.39 is 5.60 Å². The highest BCUT2D eigenvalue weighted by atomic mass is 19.1. The highest BCUT2D eigenvalue weighted by Crippen LogP contribution is 2.42. The third-order valence-corrected chi connectivity index (χ3v) is 5.39. The molecular weight excluding hydrogens is 341 g/mol. The van der Waals surface area contributed by atoms with Gasteiger partial charge < -0.3 is 9.84 Å². The van der Waals surface area contributed by atoms with Crippen LogP contribution in [0.15, 0.2) is 54.6 Å². The number of hydrogen-bond acceptors (Lipinski definition) is 3. The molecule has 0 unspecified atom stereocenters. The molecule has 4 heteroatoms. The number of morpholine rings is 1. The van der Waals surface area contributed by atoms with Gasteiger partial charge >= 0.3 is 0 Å². The molecule has 1 saturated heterocycles. The van der Waals surface area contributed by atoms with Gasteiger partial charge in [-0.15, -0.1) is 0 Å². The van der Waals surface area contributed by atoms with Crippen LogP contribution in [0.3, 0.4) is 0 Å². The Morgan fingerprint density at radius 3 is 2.26 bits per heavy atom. The molecule has 27 heavy (non-hydrogen) atoms. The van der Waals surface area contributed by atoms with Crippen molar-refractivity contribution < 1.29 is 14.2 Å². The number of benzene rings is 2. The number of ether oxygens (including phenoxy) is 1. The van der Waals surface area contributed by atoms with Gasteiger partial charge in [0.1, 0.15) is 5.82 Å². The molecule has 0 saturated carbocycles. The van der Waals surface area contributed by atoms with Crippen LogP contribution in [0.25, 0.3) is 0 Å². The molecule has 1 fully saturated rings. The molecule has 2 atom stereocenters. The van der Waals surface area contributed by atoms with E-state index in [9.17, 15) is 9.50 Å². The lowest BCUT2D eigenvalue weighted by atomic mass is 9.72. The van der Waals surface area contributed by atoms with Crippen molar-refractivity contribution in [2.45, 2.75) is 31.8 Å². The number of aliphatic hydroxyl groups is 1. The van der Waals surface area contributed by atoms with Crippen molar-refractivity contribution in [2.24, 2.45) is 5.92 Å². The van der Waals surface area contributed by atoms with Gasteiger partial charge in [-0.1, -0.05) is 56.3 Å². The van der Waals surface area contributed by atoms with Crippen molar-refractivity contribution in [3.63, 3.8) is 0 Å². The monoisotopic (exact) mass is 371 g/mol. The normalized spacial score (nSPS) is 19.0. The fourth-order valence-electron chi connectivity index (χ4n) is 4.08. The van der Waals surface area contributed by atoms with Gasteiger partial charge in [0, 0.05) is 25.6 Å². The minimum absolute atomic E-state index is 0.107. The maximum Gasteiger partial charge on any atom is 0.123 e. The number of rotatable bonds is 7. The van der Waals surface area contributed by atoms with E-state index in [1.165, 1.54) is 12.1 Å². The lowest BCUT2D eigenvalue weighted by Crippen LogP contribution is -2.45. The van der Waals surface area contributed by atoms with Crippen LogP contribution in [-0.2, 0) is 10.3 Å². The topological polar surface area (TPSA) is 32.7 Å². The van der Waals surface area contributed by atoms with Gasteiger partial charge in [-0.25, -0.2) is 4.39 Å². The SMILES string of the molecule is CC(C)C[C@@](O)(c1ccc(F)cc1)[C@H](CN1CCOCC1)c1ccccc1. The van der Waals surface area contributed by atoms with Gasteiger partial charge in [0.05, 0.1) is 18.8 Å². The van der Waals surface area contributed by atoms with Gasteiger partial charge in [0.25, 0.3) is 0 Å². The lowest BCUT2D eigenvalue weighted by Gasteiger charge is -2.41. The Morgan fingerprint density at radius 2 is 1.67 bits per heavy atom. The van der Waals surface area contributed by atoms with Gasteiger partial charge in [0.15, 0.2) is 0 Å². The zero-order valence-corrected chi connectivity index (χ0v) is 16.3. The summed E-state index contributed by atoms with van der Waals surface area (Å²) < 4.78 is 19.0.